The second-order valence-electron chi connectivity index (χ2n) is 7.93. The molecule has 4 aromatic rings. The van der Waals surface area contributed by atoms with Crippen molar-refractivity contribution in [3.05, 3.63) is 99.4 Å². The first-order chi connectivity index (χ1) is 16.0. The summed E-state index contributed by atoms with van der Waals surface area (Å²) >= 11 is 1.50. The molecule has 0 spiro atoms. The van der Waals surface area contributed by atoms with Gasteiger partial charge in [-0.3, -0.25) is 14.4 Å². The van der Waals surface area contributed by atoms with Crippen molar-refractivity contribution < 1.29 is 14.4 Å². The molecule has 1 aromatic heterocycles. The Balaban J connectivity index is 1.64. The molecule has 164 valence electrons. The molecule has 1 aliphatic heterocycles. The lowest BCUT2D eigenvalue weighted by Gasteiger charge is -2.19. The highest BCUT2D eigenvalue weighted by Crippen LogP contribution is 2.39. The Morgan fingerprint density at radius 1 is 1.00 bits per heavy atom. The van der Waals surface area contributed by atoms with E-state index in [1.54, 1.807) is 12.1 Å². The van der Waals surface area contributed by atoms with Crippen molar-refractivity contribution in [3.8, 4) is 0 Å². The van der Waals surface area contributed by atoms with E-state index in [9.17, 15) is 14.4 Å². The van der Waals surface area contributed by atoms with Gasteiger partial charge in [0.2, 0.25) is 0 Å². The van der Waals surface area contributed by atoms with Crippen LogP contribution in [0.2, 0.25) is 0 Å². The maximum atomic E-state index is 13.3. The second-order valence-corrected chi connectivity index (χ2v) is 8.84. The van der Waals surface area contributed by atoms with Gasteiger partial charge in [-0.1, -0.05) is 42.5 Å². The molecule has 5 rings (SSSR count). The van der Waals surface area contributed by atoms with Crippen LogP contribution in [0.3, 0.4) is 0 Å². The molecule has 0 bridgehead atoms. The average Bonchev–Trinajstić information content (AvgIpc) is 3.40. The molecule has 0 unspecified atom stereocenters. The van der Waals surface area contributed by atoms with Gasteiger partial charge < -0.3 is 16.0 Å². The number of hydrogen-bond donors (Lipinski definition) is 3. The van der Waals surface area contributed by atoms with Crippen LogP contribution >= 0.6 is 11.3 Å². The van der Waals surface area contributed by atoms with E-state index in [1.165, 1.54) is 18.4 Å². The summed E-state index contributed by atoms with van der Waals surface area (Å²) in [6.07, 6.45) is 0. The fourth-order valence-corrected chi connectivity index (χ4v) is 5.24. The zero-order valence-electron chi connectivity index (χ0n) is 18.1. The third kappa shape index (κ3) is 3.56. The SMILES string of the molecule is CNC(=O)c1cc(NC(=O)c2csc3ccccc23)c2c(c1)C(=O)N[C@@H]2c1ccccc1C. The highest BCUT2D eigenvalue weighted by molar-refractivity contribution is 7.17. The Labute approximate surface area is 194 Å². The zero-order chi connectivity index (χ0) is 23.1. The number of aryl methyl sites for hydroxylation is 1. The number of rotatable bonds is 4. The Kier molecular flexibility index (Phi) is 5.18. The lowest BCUT2D eigenvalue weighted by atomic mass is 9.92. The standard InChI is InChI=1S/C26H21N3O3S/c1-14-7-3-4-8-16(14)23-22-18(25(31)29-23)11-15(24(30)27-2)12-20(22)28-26(32)19-13-33-21-10-6-5-9-17(19)21/h3-13,23H,1-2H3,(H,27,30)(H,28,32)(H,29,31)/t23-/m1/s1. The third-order valence-corrected chi connectivity index (χ3v) is 6.91. The monoisotopic (exact) mass is 455 g/mol. The normalized spacial score (nSPS) is 14.6. The molecule has 0 fully saturated rings. The summed E-state index contributed by atoms with van der Waals surface area (Å²) in [4.78, 5) is 38.6. The molecule has 2 heterocycles. The van der Waals surface area contributed by atoms with E-state index in [2.05, 4.69) is 16.0 Å². The highest BCUT2D eigenvalue weighted by atomic mass is 32.1. The van der Waals surface area contributed by atoms with E-state index < -0.39 is 6.04 Å². The van der Waals surface area contributed by atoms with Gasteiger partial charge in [0.05, 0.1) is 11.6 Å². The van der Waals surface area contributed by atoms with Crippen LogP contribution in [0, 0.1) is 6.92 Å². The third-order valence-electron chi connectivity index (χ3n) is 5.95. The number of carbonyl (C=O) groups excluding carboxylic acids is 3. The molecular weight excluding hydrogens is 434 g/mol. The second kappa shape index (κ2) is 8.18. The quantitative estimate of drug-likeness (QED) is 0.418. The predicted octanol–water partition coefficient (Wildman–Crippen LogP) is 4.65. The molecular formula is C26H21N3O3S. The lowest BCUT2D eigenvalue weighted by molar-refractivity contribution is 0.0959. The summed E-state index contributed by atoms with van der Waals surface area (Å²) < 4.78 is 1.02. The zero-order valence-corrected chi connectivity index (χ0v) is 18.9. The topological polar surface area (TPSA) is 87.3 Å². The molecule has 3 aromatic carbocycles. The molecule has 0 saturated carbocycles. The molecule has 3 N–H and O–H groups in total. The van der Waals surface area contributed by atoms with Gasteiger partial charge in [-0.2, -0.15) is 0 Å². The Hall–Kier alpha value is -3.97. The van der Waals surface area contributed by atoms with Crippen molar-refractivity contribution in [2.45, 2.75) is 13.0 Å². The smallest absolute Gasteiger partial charge is 0.257 e. The number of carbonyl (C=O) groups is 3. The van der Waals surface area contributed by atoms with Gasteiger partial charge in [0.1, 0.15) is 0 Å². The number of benzene rings is 3. The first-order valence-corrected chi connectivity index (χ1v) is 11.4. The number of anilines is 1. The number of amides is 3. The highest BCUT2D eigenvalue weighted by Gasteiger charge is 2.34. The minimum atomic E-state index is -0.429. The molecule has 1 atom stereocenters. The van der Waals surface area contributed by atoms with Crippen LogP contribution in [-0.4, -0.2) is 24.8 Å². The van der Waals surface area contributed by atoms with Crippen LogP contribution < -0.4 is 16.0 Å². The molecule has 3 amide bonds. The van der Waals surface area contributed by atoms with Crippen molar-refractivity contribution in [1.29, 1.82) is 0 Å². The van der Waals surface area contributed by atoms with Gasteiger partial charge >= 0.3 is 0 Å². The molecule has 33 heavy (non-hydrogen) atoms. The molecule has 1 aliphatic rings. The Morgan fingerprint density at radius 2 is 1.76 bits per heavy atom. The van der Waals surface area contributed by atoms with Gasteiger partial charge in [-0.15, -0.1) is 11.3 Å². The van der Waals surface area contributed by atoms with Gasteiger partial charge in [0.15, 0.2) is 0 Å². The summed E-state index contributed by atoms with van der Waals surface area (Å²) in [5.74, 6) is -0.895. The van der Waals surface area contributed by atoms with Crippen molar-refractivity contribution in [2.75, 3.05) is 12.4 Å². The minimum absolute atomic E-state index is 0.277. The Bertz CT molecular complexity index is 1440. The largest absolute Gasteiger partial charge is 0.355 e. The minimum Gasteiger partial charge on any atom is -0.355 e. The molecule has 6 nitrogen and oxygen atoms in total. The fourth-order valence-electron chi connectivity index (χ4n) is 4.30. The number of hydrogen-bond acceptors (Lipinski definition) is 4. The van der Waals surface area contributed by atoms with Gasteiger partial charge in [-0.25, -0.2) is 0 Å². The van der Waals surface area contributed by atoms with E-state index in [0.29, 0.717) is 27.9 Å². The summed E-state index contributed by atoms with van der Waals surface area (Å²) in [5, 5.41) is 11.3. The number of nitrogens with one attached hydrogen (secondary N) is 3. The molecule has 7 heteroatoms. The van der Waals surface area contributed by atoms with Crippen molar-refractivity contribution in [3.63, 3.8) is 0 Å². The summed E-state index contributed by atoms with van der Waals surface area (Å²) in [5.41, 5.74) is 4.31. The maximum Gasteiger partial charge on any atom is 0.257 e. The Morgan fingerprint density at radius 3 is 2.55 bits per heavy atom. The molecule has 0 aliphatic carbocycles. The van der Waals surface area contributed by atoms with Gasteiger partial charge in [0.25, 0.3) is 17.7 Å². The van der Waals surface area contributed by atoms with Crippen LogP contribution in [0.25, 0.3) is 10.1 Å². The van der Waals surface area contributed by atoms with Crippen molar-refractivity contribution >= 4 is 44.8 Å². The first kappa shape index (κ1) is 20.9. The van der Waals surface area contributed by atoms with Crippen LogP contribution in [0.15, 0.2) is 66.0 Å². The van der Waals surface area contributed by atoms with E-state index in [0.717, 1.165) is 21.2 Å². The van der Waals surface area contributed by atoms with Crippen LogP contribution in [0.5, 0.6) is 0 Å². The van der Waals surface area contributed by atoms with Crippen molar-refractivity contribution in [1.82, 2.24) is 10.6 Å². The average molecular weight is 456 g/mol. The fraction of sp³-hybridized carbons (Fsp3) is 0.115. The number of thiophene rings is 1. The molecule has 0 radical (unpaired) electrons. The van der Waals surface area contributed by atoms with Gasteiger partial charge in [0, 0.05) is 44.9 Å². The maximum absolute atomic E-state index is 13.3. The van der Waals surface area contributed by atoms with Crippen LogP contribution in [-0.2, 0) is 0 Å². The van der Waals surface area contributed by atoms with E-state index in [4.69, 9.17) is 0 Å². The lowest BCUT2D eigenvalue weighted by Crippen LogP contribution is -2.21. The van der Waals surface area contributed by atoms with Gasteiger partial charge in [-0.05, 0) is 36.2 Å². The van der Waals surface area contributed by atoms with Crippen LogP contribution in [0.4, 0.5) is 5.69 Å². The predicted molar refractivity (Wildman–Crippen MR) is 130 cm³/mol. The summed E-state index contributed by atoms with van der Waals surface area (Å²) in [6.45, 7) is 1.98. The van der Waals surface area contributed by atoms with E-state index in [-0.39, 0.29) is 17.7 Å². The molecule has 0 saturated heterocycles. The van der Waals surface area contributed by atoms with Crippen LogP contribution in [0.1, 0.15) is 53.8 Å². The van der Waals surface area contributed by atoms with Crippen molar-refractivity contribution in [2.24, 2.45) is 0 Å². The summed E-state index contributed by atoms with van der Waals surface area (Å²) in [7, 11) is 1.53. The van der Waals surface area contributed by atoms with E-state index in [1.807, 2.05) is 60.8 Å². The first-order valence-electron chi connectivity index (χ1n) is 10.5. The van der Waals surface area contributed by atoms with E-state index >= 15 is 0 Å². The number of fused-ring (bicyclic) bond motifs is 2. The summed E-state index contributed by atoms with van der Waals surface area (Å²) in [6, 6.07) is 18.3.